The Labute approximate surface area is 96.7 Å². The van der Waals surface area contributed by atoms with Crippen LogP contribution in [0, 0.1) is 0 Å². The Morgan fingerprint density at radius 1 is 1.44 bits per heavy atom. The van der Waals surface area contributed by atoms with E-state index in [2.05, 4.69) is 5.32 Å². The predicted molar refractivity (Wildman–Crippen MR) is 61.4 cm³/mol. The molecule has 0 radical (unpaired) electrons. The van der Waals surface area contributed by atoms with Crippen LogP contribution in [0.15, 0.2) is 0 Å². The third kappa shape index (κ3) is 2.65. The number of likely N-dealkylation sites (N-methyl/N-ethyl adjacent to an activating group) is 1. The second-order valence-corrected chi connectivity index (χ2v) is 4.49. The highest BCUT2D eigenvalue weighted by Crippen LogP contribution is 2.11. The van der Waals surface area contributed by atoms with Crippen molar-refractivity contribution < 1.29 is 9.53 Å². The maximum atomic E-state index is 12.2. The fourth-order valence-corrected chi connectivity index (χ4v) is 2.30. The van der Waals surface area contributed by atoms with Crippen LogP contribution in [0.2, 0.25) is 0 Å². The molecule has 16 heavy (non-hydrogen) atoms. The van der Waals surface area contributed by atoms with Crippen LogP contribution in [0.5, 0.6) is 0 Å². The lowest BCUT2D eigenvalue weighted by Crippen LogP contribution is -2.53. The zero-order valence-corrected chi connectivity index (χ0v) is 9.95. The molecule has 0 aromatic heterocycles. The summed E-state index contributed by atoms with van der Waals surface area (Å²) < 4.78 is 5.25. The molecule has 2 saturated heterocycles. The second kappa shape index (κ2) is 5.50. The Kier molecular flexibility index (Phi) is 4.01. The summed E-state index contributed by atoms with van der Waals surface area (Å²) in [5, 5.41) is 3.34. The molecule has 0 unspecified atom stereocenters. The summed E-state index contributed by atoms with van der Waals surface area (Å²) in [5.41, 5.74) is 0. The number of urea groups is 1. The lowest BCUT2D eigenvalue weighted by atomic mass is 10.1. The van der Waals surface area contributed by atoms with E-state index in [4.69, 9.17) is 4.74 Å². The average Bonchev–Trinajstić information content (AvgIpc) is 2.39. The normalized spacial score (nSPS) is 26.6. The second-order valence-electron chi connectivity index (χ2n) is 4.49. The number of ether oxygens (including phenoxy) is 1. The SMILES string of the molecule is CN(C(=O)N1CCOCC1)[C@@H]1CCCNC1. The first-order valence-corrected chi connectivity index (χ1v) is 6.09. The van der Waals surface area contributed by atoms with Gasteiger partial charge in [-0.05, 0) is 19.4 Å². The van der Waals surface area contributed by atoms with Crippen molar-refractivity contribution in [3.63, 3.8) is 0 Å². The van der Waals surface area contributed by atoms with Gasteiger partial charge in [0.2, 0.25) is 0 Å². The molecule has 1 N–H and O–H groups in total. The smallest absolute Gasteiger partial charge is 0.320 e. The minimum absolute atomic E-state index is 0.150. The van der Waals surface area contributed by atoms with Crippen LogP contribution >= 0.6 is 0 Å². The van der Waals surface area contributed by atoms with Gasteiger partial charge in [-0.1, -0.05) is 0 Å². The monoisotopic (exact) mass is 227 g/mol. The van der Waals surface area contributed by atoms with E-state index >= 15 is 0 Å². The van der Waals surface area contributed by atoms with Gasteiger partial charge in [0.1, 0.15) is 0 Å². The van der Waals surface area contributed by atoms with Crippen LogP contribution in [-0.4, -0.2) is 68.3 Å². The molecule has 2 rings (SSSR count). The maximum Gasteiger partial charge on any atom is 0.320 e. The highest BCUT2D eigenvalue weighted by Gasteiger charge is 2.26. The van der Waals surface area contributed by atoms with E-state index in [1.807, 2.05) is 16.8 Å². The molecule has 0 saturated carbocycles. The number of carbonyl (C=O) groups is 1. The van der Waals surface area contributed by atoms with Crippen LogP contribution in [0.25, 0.3) is 0 Å². The van der Waals surface area contributed by atoms with Gasteiger partial charge in [-0.3, -0.25) is 0 Å². The van der Waals surface area contributed by atoms with Crippen LogP contribution in [0.3, 0.4) is 0 Å². The summed E-state index contributed by atoms with van der Waals surface area (Å²) in [6, 6.07) is 0.501. The summed E-state index contributed by atoms with van der Waals surface area (Å²) in [6.45, 7) is 4.79. The Bertz CT molecular complexity index is 235. The topological polar surface area (TPSA) is 44.8 Å². The van der Waals surface area contributed by atoms with Gasteiger partial charge in [-0.2, -0.15) is 0 Å². The van der Waals surface area contributed by atoms with Gasteiger partial charge in [-0.15, -0.1) is 0 Å². The third-order valence-corrected chi connectivity index (χ3v) is 3.40. The molecular formula is C11H21N3O2. The first-order chi connectivity index (χ1) is 7.79. The number of hydrogen-bond donors (Lipinski definition) is 1. The Morgan fingerprint density at radius 2 is 2.19 bits per heavy atom. The van der Waals surface area contributed by atoms with Gasteiger partial charge in [0.15, 0.2) is 0 Å². The number of rotatable bonds is 1. The minimum Gasteiger partial charge on any atom is -0.378 e. The van der Waals surface area contributed by atoms with E-state index < -0.39 is 0 Å². The number of piperidine rings is 1. The van der Waals surface area contributed by atoms with Crippen LogP contribution in [0.4, 0.5) is 4.79 Å². The highest BCUT2D eigenvalue weighted by molar-refractivity contribution is 5.74. The Balaban J connectivity index is 1.86. The van der Waals surface area contributed by atoms with Crippen LogP contribution < -0.4 is 5.32 Å². The zero-order chi connectivity index (χ0) is 11.4. The van der Waals surface area contributed by atoms with E-state index in [-0.39, 0.29) is 6.03 Å². The lowest BCUT2D eigenvalue weighted by molar-refractivity contribution is 0.0409. The number of nitrogens with zero attached hydrogens (tertiary/aromatic N) is 2. The van der Waals surface area contributed by atoms with Crippen molar-refractivity contribution in [3.8, 4) is 0 Å². The van der Waals surface area contributed by atoms with E-state index in [9.17, 15) is 4.79 Å². The van der Waals surface area contributed by atoms with Gasteiger partial charge in [0.05, 0.1) is 13.2 Å². The molecule has 2 amide bonds. The number of morpholine rings is 1. The molecule has 5 heteroatoms. The van der Waals surface area contributed by atoms with Crippen LogP contribution in [0.1, 0.15) is 12.8 Å². The number of carbonyl (C=O) groups excluding carboxylic acids is 1. The number of hydrogen-bond acceptors (Lipinski definition) is 3. The number of nitrogens with one attached hydrogen (secondary N) is 1. The average molecular weight is 227 g/mol. The Hall–Kier alpha value is -0.810. The van der Waals surface area contributed by atoms with E-state index in [0.29, 0.717) is 19.3 Å². The predicted octanol–water partition coefficient (Wildman–Crippen LogP) is 0.122. The molecular weight excluding hydrogens is 206 g/mol. The molecule has 0 aromatic carbocycles. The summed E-state index contributed by atoms with van der Waals surface area (Å²) >= 11 is 0. The van der Waals surface area contributed by atoms with E-state index in [1.165, 1.54) is 0 Å². The molecule has 2 fully saturated rings. The summed E-state index contributed by atoms with van der Waals surface area (Å²) in [5.74, 6) is 0. The van der Waals surface area contributed by atoms with Gasteiger partial charge in [0, 0.05) is 32.7 Å². The molecule has 2 heterocycles. The van der Waals surface area contributed by atoms with Crippen LogP contribution in [-0.2, 0) is 4.74 Å². The lowest BCUT2D eigenvalue weighted by Gasteiger charge is -2.36. The highest BCUT2D eigenvalue weighted by atomic mass is 16.5. The fraction of sp³-hybridized carbons (Fsp3) is 0.909. The van der Waals surface area contributed by atoms with Crippen molar-refractivity contribution in [1.29, 1.82) is 0 Å². The Morgan fingerprint density at radius 3 is 2.81 bits per heavy atom. The molecule has 5 nitrogen and oxygen atoms in total. The molecule has 0 spiro atoms. The van der Waals surface area contributed by atoms with Crippen molar-refractivity contribution in [2.75, 3.05) is 46.4 Å². The molecule has 2 aliphatic heterocycles. The molecule has 0 bridgehead atoms. The molecule has 0 aliphatic carbocycles. The summed E-state index contributed by atoms with van der Waals surface area (Å²) in [7, 11) is 1.91. The van der Waals surface area contributed by atoms with Gasteiger partial charge < -0.3 is 19.9 Å². The van der Waals surface area contributed by atoms with Crippen molar-refractivity contribution >= 4 is 6.03 Å². The zero-order valence-electron chi connectivity index (χ0n) is 9.95. The molecule has 2 aliphatic rings. The van der Waals surface area contributed by atoms with Crippen molar-refractivity contribution in [1.82, 2.24) is 15.1 Å². The first-order valence-electron chi connectivity index (χ1n) is 6.09. The van der Waals surface area contributed by atoms with Gasteiger partial charge in [0.25, 0.3) is 0 Å². The van der Waals surface area contributed by atoms with Crippen molar-refractivity contribution in [2.24, 2.45) is 0 Å². The quantitative estimate of drug-likeness (QED) is 0.692. The largest absolute Gasteiger partial charge is 0.378 e. The fourth-order valence-electron chi connectivity index (χ4n) is 2.30. The molecule has 1 atom stereocenters. The summed E-state index contributed by atoms with van der Waals surface area (Å²) in [6.07, 6.45) is 2.27. The van der Waals surface area contributed by atoms with Gasteiger partial charge >= 0.3 is 6.03 Å². The van der Waals surface area contributed by atoms with E-state index in [1.54, 1.807) is 0 Å². The number of amides is 2. The van der Waals surface area contributed by atoms with Crippen molar-refractivity contribution in [3.05, 3.63) is 0 Å². The van der Waals surface area contributed by atoms with Gasteiger partial charge in [-0.25, -0.2) is 4.79 Å². The first kappa shape index (κ1) is 11.7. The third-order valence-electron chi connectivity index (χ3n) is 3.40. The standard InChI is InChI=1S/C11H21N3O2/c1-13(10-3-2-4-12-9-10)11(15)14-5-7-16-8-6-14/h10,12H,2-9H2,1H3/t10-/m1/s1. The molecule has 0 aromatic rings. The molecule has 92 valence electrons. The van der Waals surface area contributed by atoms with Crippen molar-refractivity contribution in [2.45, 2.75) is 18.9 Å². The summed E-state index contributed by atoms with van der Waals surface area (Å²) in [4.78, 5) is 15.9. The minimum atomic E-state index is 0.150. The maximum absolute atomic E-state index is 12.2. The van der Waals surface area contributed by atoms with E-state index in [0.717, 1.165) is 39.0 Å².